The SMILES string of the molecule is COc1cc(OC(F)(F)F)ccc1-c1nc2c(nc1C)c(C(C)CO)cn2C. The van der Waals surface area contributed by atoms with Gasteiger partial charge in [0, 0.05) is 43.0 Å². The highest BCUT2D eigenvalue weighted by molar-refractivity contribution is 5.81. The van der Waals surface area contributed by atoms with E-state index >= 15 is 0 Å². The smallest absolute Gasteiger partial charge is 0.496 e. The fourth-order valence-electron chi connectivity index (χ4n) is 3.06. The average Bonchev–Trinajstić information content (AvgIpc) is 2.95. The quantitative estimate of drug-likeness (QED) is 0.709. The summed E-state index contributed by atoms with van der Waals surface area (Å²) < 4.78 is 48.4. The van der Waals surface area contributed by atoms with Crippen molar-refractivity contribution in [3.05, 3.63) is 35.7 Å². The lowest BCUT2D eigenvalue weighted by Crippen LogP contribution is -2.17. The van der Waals surface area contributed by atoms with Gasteiger partial charge in [-0.2, -0.15) is 0 Å². The Labute approximate surface area is 159 Å². The largest absolute Gasteiger partial charge is 0.573 e. The van der Waals surface area contributed by atoms with Gasteiger partial charge in [0.15, 0.2) is 5.65 Å². The maximum Gasteiger partial charge on any atom is 0.573 e. The fourth-order valence-corrected chi connectivity index (χ4v) is 3.06. The molecule has 0 aliphatic rings. The van der Waals surface area contributed by atoms with Crippen molar-refractivity contribution in [1.82, 2.24) is 14.5 Å². The minimum Gasteiger partial charge on any atom is -0.496 e. The molecule has 150 valence electrons. The van der Waals surface area contributed by atoms with Crippen molar-refractivity contribution in [2.75, 3.05) is 13.7 Å². The summed E-state index contributed by atoms with van der Waals surface area (Å²) in [5, 5.41) is 9.47. The summed E-state index contributed by atoms with van der Waals surface area (Å²) in [5.41, 5.74) is 3.75. The summed E-state index contributed by atoms with van der Waals surface area (Å²) in [4.78, 5) is 9.31. The van der Waals surface area contributed by atoms with Gasteiger partial charge in [-0.05, 0) is 19.1 Å². The first-order valence-corrected chi connectivity index (χ1v) is 8.53. The Morgan fingerprint density at radius 1 is 1.25 bits per heavy atom. The molecule has 1 atom stereocenters. The van der Waals surface area contributed by atoms with Gasteiger partial charge in [-0.15, -0.1) is 13.2 Å². The number of benzene rings is 1. The molecule has 2 aromatic heterocycles. The van der Waals surface area contributed by atoms with E-state index in [1.807, 2.05) is 20.2 Å². The highest BCUT2D eigenvalue weighted by Gasteiger charge is 2.31. The summed E-state index contributed by atoms with van der Waals surface area (Å²) in [6, 6.07) is 3.84. The summed E-state index contributed by atoms with van der Waals surface area (Å²) in [6.07, 6.45) is -2.92. The minimum absolute atomic E-state index is 0.0178. The lowest BCUT2D eigenvalue weighted by molar-refractivity contribution is -0.274. The molecule has 0 saturated carbocycles. The molecule has 28 heavy (non-hydrogen) atoms. The number of rotatable bonds is 5. The second kappa shape index (κ2) is 7.31. The van der Waals surface area contributed by atoms with Crippen LogP contribution in [-0.4, -0.2) is 39.7 Å². The fraction of sp³-hybridized carbons (Fsp3) is 0.368. The van der Waals surface area contributed by atoms with Crippen LogP contribution >= 0.6 is 0 Å². The number of nitrogens with zero attached hydrogens (tertiary/aromatic N) is 3. The van der Waals surface area contributed by atoms with E-state index in [2.05, 4.69) is 14.7 Å². The van der Waals surface area contributed by atoms with Crippen LogP contribution in [0.2, 0.25) is 0 Å². The van der Waals surface area contributed by atoms with E-state index in [-0.39, 0.29) is 24.0 Å². The van der Waals surface area contributed by atoms with Crippen LogP contribution < -0.4 is 9.47 Å². The second-order valence-corrected chi connectivity index (χ2v) is 6.52. The van der Waals surface area contributed by atoms with Gasteiger partial charge in [0.1, 0.15) is 17.0 Å². The van der Waals surface area contributed by atoms with Crippen molar-refractivity contribution >= 4 is 11.2 Å². The van der Waals surface area contributed by atoms with Crippen molar-refractivity contribution in [3.63, 3.8) is 0 Å². The molecule has 1 N–H and O–H groups in total. The monoisotopic (exact) mass is 395 g/mol. The zero-order chi connectivity index (χ0) is 20.6. The Balaban J connectivity index is 2.13. The normalized spacial score (nSPS) is 13.0. The third kappa shape index (κ3) is 3.75. The number of hydrogen-bond donors (Lipinski definition) is 1. The molecule has 2 heterocycles. The minimum atomic E-state index is -4.79. The molecule has 0 radical (unpaired) electrons. The lowest BCUT2D eigenvalue weighted by Gasteiger charge is -2.14. The topological polar surface area (TPSA) is 69.4 Å². The van der Waals surface area contributed by atoms with E-state index in [9.17, 15) is 18.3 Å². The molecule has 1 aromatic carbocycles. The van der Waals surface area contributed by atoms with E-state index < -0.39 is 6.36 Å². The maximum atomic E-state index is 12.5. The van der Waals surface area contributed by atoms with Crippen LogP contribution in [0.5, 0.6) is 11.5 Å². The molecule has 0 fully saturated rings. The van der Waals surface area contributed by atoms with Gasteiger partial charge in [-0.3, -0.25) is 0 Å². The molecule has 0 amide bonds. The van der Waals surface area contributed by atoms with Crippen LogP contribution in [0.3, 0.4) is 0 Å². The second-order valence-electron chi connectivity index (χ2n) is 6.52. The van der Waals surface area contributed by atoms with Crippen molar-refractivity contribution in [3.8, 4) is 22.8 Å². The summed E-state index contributed by atoms with van der Waals surface area (Å²) >= 11 is 0. The van der Waals surface area contributed by atoms with E-state index in [1.54, 1.807) is 11.5 Å². The van der Waals surface area contributed by atoms with E-state index in [4.69, 9.17) is 4.74 Å². The number of aliphatic hydroxyl groups excluding tert-OH is 1. The van der Waals surface area contributed by atoms with Crippen LogP contribution in [0, 0.1) is 6.92 Å². The van der Waals surface area contributed by atoms with Crippen LogP contribution in [0.1, 0.15) is 24.1 Å². The van der Waals surface area contributed by atoms with Crippen LogP contribution in [0.25, 0.3) is 22.4 Å². The van der Waals surface area contributed by atoms with Crippen molar-refractivity contribution < 1.29 is 27.8 Å². The first-order chi connectivity index (χ1) is 13.1. The molecule has 3 rings (SSSR count). The standard InChI is InChI=1S/C19H20F3N3O3/c1-10(9-26)14-8-25(3)18-17(14)23-11(2)16(24-18)13-6-5-12(7-15(13)27-4)28-19(20,21)22/h5-8,10,26H,9H2,1-4H3. The maximum absolute atomic E-state index is 12.5. The Bertz CT molecular complexity index is 1020. The molecule has 9 heteroatoms. The van der Waals surface area contributed by atoms with Crippen molar-refractivity contribution in [1.29, 1.82) is 0 Å². The summed E-state index contributed by atoms with van der Waals surface area (Å²) in [5.74, 6) is -0.286. The average molecular weight is 395 g/mol. The number of ether oxygens (including phenoxy) is 2. The van der Waals surface area contributed by atoms with Crippen molar-refractivity contribution in [2.45, 2.75) is 26.1 Å². The van der Waals surface area contributed by atoms with Crippen LogP contribution in [-0.2, 0) is 7.05 Å². The summed E-state index contributed by atoms with van der Waals surface area (Å²) in [6.45, 7) is 3.64. The highest BCUT2D eigenvalue weighted by Crippen LogP contribution is 2.36. The van der Waals surface area contributed by atoms with E-state index in [0.29, 0.717) is 28.1 Å². The predicted molar refractivity (Wildman–Crippen MR) is 97.4 cm³/mol. The number of fused-ring (bicyclic) bond motifs is 1. The highest BCUT2D eigenvalue weighted by atomic mass is 19.4. The Morgan fingerprint density at radius 3 is 2.57 bits per heavy atom. The zero-order valence-corrected chi connectivity index (χ0v) is 15.8. The Hall–Kier alpha value is -2.81. The Kier molecular flexibility index (Phi) is 5.20. The van der Waals surface area contributed by atoms with E-state index in [0.717, 1.165) is 5.56 Å². The number of halogens is 3. The zero-order valence-electron chi connectivity index (χ0n) is 15.8. The van der Waals surface area contributed by atoms with E-state index in [1.165, 1.54) is 25.3 Å². The first-order valence-electron chi connectivity index (χ1n) is 8.53. The molecule has 0 spiro atoms. The Morgan fingerprint density at radius 2 is 1.96 bits per heavy atom. The van der Waals surface area contributed by atoms with Gasteiger partial charge in [-0.1, -0.05) is 6.92 Å². The van der Waals surface area contributed by atoms with Gasteiger partial charge >= 0.3 is 6.36 Å². The number of aryl methyl sites for hydroxylation is 2. The first kappa shape index (κ1) is 19.9. The number of methoxy groups -OCH3 is 1. The molecule has 0 bridgehead atoms. The predicted octanol–water partition coefficient (Wildman–Crippen LogP) is 3.95. The lowest BCUT2D eigenvalue weighted by atomic mass is 10.0. The molecule has 6 nitrogen and oxygen atoms in total. The molecular weight excluding hydrogens is 375 g/mol. The molecular formula is C19H20F3N3O3. The van der Waals surface area contributed by atoms with Gasteiger partial charge < -0.3 is 19.1 Å². The third-order valence-corrected chi connectivity index (χ3v) is 4.46. The number of aliphatic hydroxyl groups is 1. The van der Waals surface area contributed by atoms with Crippen molar-refractivity contribution in [2.24, 2.45) is 7.05 Å². The molecule has 0 aliphatic carbocycles. The summed E-state index contributed by atoms with van der Waals surface area (Å²) in [7, 11) is 3.18. The van der Waals surface area contributed by atoms with Gasteiger partial charge in [-0.25, -0.2) is 9.97 Å². The number of hydrogen-bond acceptors (Lipinski definition) is 5. The molecule has 0 saturated heterocycles. The molecule has 1 unspecified atom stereocenters. The third-order valence-electron chi connectivity index (χ3n) is 4.46. The van der Waals surface area contributed by atoms with Crippen LogP contribution in [0.4, 0.5) is 13.2 Å². The number of aromatic nitrogens is 3. The van der Waals surface area contributed by atoms with Gasteiger partial charge in [0.25, 0.3) is 0 Å². The van der Waals surface area contributed by atoms with Gasteiger partial charge in [0.2, 0.25) is 0 Å². The van der Waals surface area contributed by atoms with Gasteiger partial charge in [0.05, 0.1) is 18.5 Å². The number of alkyl halides is 3. The molecule has 0 aliphatic heterocycles. The van der Waals surface area contributed by atoms with Crippen LogP contribution in [0.15, 0.2) is 24.4 Å². The molecule has 3 aromatic rings.